The quantitative estimate of drug-likeness (QED) is 0.476. The zero-order valence-corrected chi connectivity index (χ0v) is 20.4. The molecule has 6 rings (SSSR count). The Hall–Kier alpha value is -3.52. The van der Waals surface area contributed by atoms with E-state index < -0.39 is 47.2 Å². The molecule has 3 N–H and O–H groups in total. The van der Waals surface area contributed by atoms with Crippen molar-refractivity contribution >= 4 is 40.7 Å². The molecule has 0 bridgehead atoms. The highest BCUT2D eigenvalue weighted by Crippen LogP contribution is 2.55. The van der Waals surface area contributed by atoms with Gasteiger partial charge in [0.2, 0.25) is 17.7 Å². The number of hydrogen-bond acceptors (Lipinski definition) is 5. The average molecular weight is 502 g/mol. The van der Waals surface area contributed by atoms with Gasteiger partial charge in [0, 0.05) is 16.3 Å². The molecular formula is C28H24ClN3O4. The first kappa shape index (κ1) is 22.9. The number of rotatable bonds is 3. The Labute approximate surface area is 213 Å². The molecule has 0 radical (unpaired) electrons. The SMILES string of the molecule is Cc1ccc(N2C(=O)[C@@H]3[C@@H]([C@H](O)c4ccc(Cl)cc4)N[C@@]4(C(=O)Nc5ccc(C)cc54)[C@@H]3C2=O)cc1. The fourth-order valence-corrected chi connectivity index (χ4v) is 6.06. The molecule has 2 fully saturated rings. The van der Waals surface area contributed by atoms with Crippen LogP contribution in [0, 0.1) is 25.7 Å². The van der Waals surface area contributed by atoms with Crippen molar-refractivity contribution in [3.05, 3.63) is 94.0 Å². The molecule has 2 saturated heterocycles. The third-order valence-corrected chi connectivity index (χ3v) is 7.90. The maximum atomic E-state index is 14.0. The number of carbonyl (C=O) groups is 3. The lowest BCUT2D eigenvalue weighted by Crippen LogP contribution is -2.54. The highest BCUT2D eigenvalue weighted by molar-refractivity contribution is 6.30. The molecule has 0 saturated carbocycles. The number of anilines is 2. The number of aliphatic hydroxyl groups excluding tert-OH is 1. The second kappa shape index (κ2) is 8.00. The number of imide groups is 1. The summed E-state index contributed by atoms with van der Waals surface area (Å²) in [5.41, 5.74) is 2.60. The molecule has 3 aromatic carbocycles. The lowest BCUT2D eigenvalue weighted by Gasteiger charge is -2.31. The molecule has 3 heterocycles. The first-order chi connectivity index (χ1) is 17.2. The van der Waals surface area contributed by atoms with Crippen molar-refractivity contribution in [3.8, 4) is 0 Å². The van der Waals surface area contributed by atoms with Gasteiger partial charge in [-0.05, 0) is 49.7 Å². The van der Waals surface area contributed by atoms with Gasteiger partial charge in [0.25, 0.3) is 0 Å². The third kappa shape index (κ3) is 3.10. The first-order valence-corrected chi connectivity index (χ1v) is 12.2. The monoisotopic (exact) mass is 501 g/mol. The standard InChI is InChI=1S/C28H24ClN3O4/c1-14-3-10-18(11-4-14)32-25(34)21-22(26(32)35)28(19-13-15(2)5-12-20(19)30-27(28)36)31-23(21)24(33)16-6-8-17(29)9-7-16/h3-13,21-24,31,33H,1-2H3,(H,30,36)/t21-,22-,23-,24+,28+/m0/s1. The van der Waals surface area contributed by atoms with Gasteiger partial charge in [-0.3, -0.25) is 19.7 Å². The van der Waals surface area contributed by atoms with Gasteiger partial charge in [0.15, 0.2) is 0 Å². The third-order valence-electron chi connectivity index (χ3n) is 7.65. The number of carbonyl (C=O) groups excluding carboxylic acids is 3. The number of amides is 3. The van der Waals surface area contributed by atoms with Gasteiger partial charge in [-0.25, -0.2) is 4.90 Å². The van der Waals surface area contributed by atoms with Crippen LogP contribution in [0.4, 0.5) is 11.4 Å². The second-order valence-electron chi connectivity index (χ2n) is 9.83. The van der Waals surface area contributed by atoms with Gasteiger partial charge in [-0.2, -0.15) is 0 Å². The molecule has 3 aromatic rings. The van der Waals surface area contributed by atoms with Crippen LogP contribution in [0.1, 0.15) is 28.4 Å². The predicted molar refractivity (Wildman–Crippen MR) is 135 cm³/mol. The van der Waals surface area contributed by atoms with Gasteiger partial charge >= 0.3 is 0 Å². The predicted octanol–water partition coefficient (Wildman–Crippen LogP) is 3.62. The molecule has 36 heavy (non-hydrogen) atoms. The Bertz CT molecular complexity index is 1420. The Morgan fingerprint density at radius 3 is 2.28 bits per heavy atom. The fourth-order valence-electron chi connectivity index (χ4n) is 5.93. The normalized spacial score (nSPS) is 27.4. The summed E-state index contributed by atoms with van der Waals surface area (Å²) >= 11 is 6.04. The molecular weight excluding hydrogens is 478 g/mol. The van der Waals surface area contributed by atoms with Crippen LogP contribution < -0.4 is 15.5 Å². The van der Waals surface area contributed by atoms with E-state index in [1.165, 1.54) is 4.90 Å². The van der Waals surface area contributed by atoms with Crippen molar-refractivity contribution in [2.24, 2.45) is 11.8 Å². The molecule has 1 spiro atoms. The van der Waals surface area contributed by atoms with E-state index in [-0.39, 0.29) is 0 Å². The summed E-state index contributed by atoms with van der Waals surface area (Å²) in [5, 5.41) is 18.2. The molecule has 5 atom stereocenters. The van der Waals surface area contributed by atoms with Crippen LogP contribution in [0.2, 0.25) is 5.02 Å². The van der Waals surface area contributed by atoms with E-state index in [9.17, 15) is 19.5 Å². The van der Waals surface area contributed by atoms with E-state index >= 15 is 0 Å². The minimum Gasteiger partial charge on any atom is -0.387 e. The number of nitrogens with zero attached hydrogens (tertiary/aromatic N) is 1. The van der Waals surface area contributed by atoms with Gasteiger partial charge in [0.05, 0.1) is 29.7 Å². The Balaban J connectivity index is 1.52. The average Bonchev–Trinajstić information content (AvgIpc) is 3.45. The van der Waals surface area contributed by atoms with E-state index in [1.54, 1.807) is 42.5 Å². The zero-order valence-electron chi connectivity index (χ0n) is 19.7. The second-order valence-corrected chi connectivity index (χ2v) is 10.3. The molecule has 7 nitrogen and oxygen atoms in total. The van der Waals surface area contributed by atoms with Crippen molar-refractivity contribution in [2.75, 3.05) is 10.2 Å². The van der Waals surface area contributed by atoms with Crippen LogP contribution in [0.15, 0.2) is 66.7 Å². The van der Waals surface area contributed by atoms with E-state index in [0.29, 0.717) is 27.5 Å². The molecule has 182 valence electrons. The van der Waals surface area contributed by atoms with Crippen molar-refractivity contribution in [1.82, 2.24) is 5.32 Å². The summed E-state index contributed by atoms with van der Waals surface area (Å²) in [6, 6.07) is 18.4. The molecule has 3 amide bonds. The van der Waals surface area contributed by atoms with E-state index in [0.717, 1.165) is 11.1 Å². The summed E-state index contributed by atoms with van der Waals surface area (Å²) < 4.78 is 0. The minimum absolute atomic E-state index is 0.407. The number of hydrogen-bond donors (Lipinski definition) is 3. The number of benzene rings is 3. The number of nitrogens with one attached hydrogen (secondary N) is 2. The van der Waals surface area contributed by atoms with Crippen LogP contribution in [0.25, 0.3) is 0 Å². The van der Waals surface area contributed by atoms with Crippen LogP contribution in [-0.4, -0.2) is 28.9 Å². The van der Waals surface area contributed by atoms with E-state index in [4.69, 9.17) is 11.6 Å². The van der Waals surface area contributed by atoms with Gasteiger partial charge in [0.1, 0.15) is 5.54 Å². The number of fused-ring (bicyclic) bond motifs is 4. The van der Waals surface area contributed by atoms with E-state index in [1.807, 2.05) is 38.1 Å². The molecule has 0 unspecified atom stereocenters. The summed E-state index contributed by atoms with van der Waals surface area (Å²) in [5.74, 6) is -3.29. The highest BCUT2D eigenvalue weighted by atomic mass is 35.5. The zero-order chi connectivity index (χ0) is 25.4. The fraction of sp³-hybridized carbons (Fsp3) is 0.250. The Kier molecular flexibility index (Phi) is 5.09. The van der Waals surface area contributed by atoms with Crippen molar-refractivity contribution < 1.29 is 19.5 Å². The number of halogens is 1. The number of aryl methyl sites for hydroxylation is 2. The minimum atomic E-state index is -1.49. The topological polar surface area (TPSA) is 98.7 Å². The smallest absolute Gasteiger partial charge is 0.250 e. The van der Waals surface area contributed by atoms with Crippen LogP contribution in [-0.2, 0) is 19.9 Å². The molecule has 0 aliphatic carbocycles. The Morgan fingerprint density at radius 1 is 0.917 bits per heavy atom. The molecule has 3 aliphatic heterocycles. The molecule has 3 aliphatic rings. The summed E-state index contributed by atoms with van der Waals surface area (Å²) in [7, 11) is 0. The summed E-state index contributed by atoms with van der Waals surface area (Å²) in [6.07, 6.45) is -1.16. The maximum absolute atomic E-state index is 14.0. The highest BCUT2D eigenvalue weighted by Gasteiger charge is 2.71. The lowest BCUT2D eigenvalue weighted by atomic mass is 9.75. The number of aliphatic hydroxyl groups is 1. The molecule has 0 aromatic heterocycles. The van der Waals surface area contributed by atoms with Crippen molar-refractivity contribution in [3.63, 3.8) is 0 Å². The largest absolute Gasteiger partial charge is 0.387 e. The van der Waals surface area contributed by atoms with E-state index in [2.05, 4.69) is 10.6 Å². The summed E-state index contributed by atoms with van der Waals surface area (Å²) in [4.78, 5) is 42.7. The van der Waals surface area contributed by atoms with Gasteiger partial charge in [-0.1, -0.05) is 59.1 Å². The molecule has 8 heteroatoms. The maximum Gasteiger partial charge on any atom is 0.250 e. The van der Waals surface area contributed by atoms with Gasteiger partial charge < -0.3 is 10.4 Å². The lowest BCUT2D eigenvalue weighted by molar-refractivity contribution is -0.130. The summed E-state index contributed by atoms with van der Waals surface area (Å²) in [6.45, 7) is 3.83. The Morgan fingerprint density at radius 2 is 1.58 bits per heavy atom. The first-order valence-electron chi connectivity index (χ1n) is 11.8. The van der Waals surface area contributed by atoms with Gasteiger partial charge in [-0.15, -0.1) is 0 Å². The van der Waals surface area contributed by atoms with Crippen molar-refractivity contribution in [1.29, 1.82) is 0 Å². The van der Waals surface area contributed by atoms with Crippen LogP contribution in [0.5, 0.6) is 0 Å². The van der Waals surface area contributed by atoms with Crippen LogP contribution in [0.3, 0.4) is 0 Å². The van der Waals surface area contributed by atoms with Crippen LogP contribution >= 0.6 is 11.6 Å². The van der Waals surface area contributed by atoms with Crippen molar-refractivity contribution in [2.45, 2.75) is 31.5 Å².